The second kappa shape index (κ2) is 9.57. The van der Waals surface area contributed by atoms with E-state index >= 15 is 0 Å². The van der Waals surface area contributed by atoms with Crippen LogP contribution in [0.4, 0.5) is 0 Å². The van der Waals surface area contributed by atoms with E-state index in [2.05, 4.69) is 50.0 Å². The summed E-state index contributed by atoms with van der Waals surface area (Å²) >= 11 is 0. The molecule has 9 nitrogen and oxygen atoms in total. The molecule has 2 aromatic heterocycles. The van der Waals surface area contributed by atoms with E-state index < -0.39 is 0 Å². The first kappa shape index (κ1) is 24.1. The van der Waals surface area contributed by atoms with Gasteiger partial charge in [0.1, 0.15) is 0 Å². The molecule has 0 saturated heterocycles. The summed E-state index contributed by atoms with van der Waals surface area (Å²) in [6.07, 6.45) is 1.46. The van der Waals surface area contributed by atoms with Crippen molar-refractivity contribution in [2.45, 2.75) is 12.8 Å². The predicted molar refractivity (Wildman–Crippen MR) is 145 cm³/mol. The topological polar surface area (TPSA) is 97.1 Å². The highest BCUT2D eigenvalue weighted by atomic mass is 16.2. The van der Waals surface area contributed by atoms with Crippen molar-refractivity contribution in [3.8, 4) is 22.5 Å². The molecular weight excluding hydrogens is 478 g/mol. The lowest BCUT2D eigenvalue weighted by atomic mass is 10.1. The van der Waals surface area contributed by atoms with E-state index in [-0.39, 0.29) is 11.8 Å². The van der Waals surface area contributed by atoms with Crippen molar-refractivity contribution < 1.29 is 9.59 Å². The van der Waals surface area contributed by atoms with Crippen molar-refractivity contribution in [3.63, 3.8) is 0 Å². The lowest BCUT2D eigenvalue weighted by molar-refractivity contribution is 0.0942. The van der Waals surface area contributed by atoms with Crippen LogP contribution in [0, 0.1) is 0 Å². The second-order valence-electron chi connectivity index (χ2n) is 10.1. The summed E-state index contributed by atoms with van der Waals surface area (Å²) in [5, 5.41) is 15.0. The molecule has 9 heteroatoms. The van der Waals surface area contributed by atoms with E-state index in [4.69, 9.17) is 0 Å². The fraction of sp³-hybridized carbons (Fsp3) is 0.310. The van der Waals surface area contributed by atoms with Gasteiger partial charge in [-0.1, -0.05) is 48.5 Å². The van der Waals surface area contributed by atoms with Gasteiger partial charge in [0.25, 0.3) is 11.8 Å². The van der Waals surface area contributed by atoms with Gasteiger partial charge in [0.05, 0.1) is 11.4 Å². The van der Waals surface area contributed by atoms with Crippen molar-refractivity contribution in [3.05, 3.63) is 82.2 Å². The van der Waals surface area contributed by atoms with Crippen LogP contribution < -0.4 is 10.6 Å². The summed E-state index contributed by atoms with van der Waals surface area (Å²) in [7, 11) is 5.75. The van der Waals surface area contributed by atoms with Gasteiger partial charge in [-0.25, -0.2) is 0 Å². The number of rotatable bonds is 8. The maximum Gasteiger partial charge on any atom is 0.272 e. The number of nitrogens with one attached hydrogen (secondary N) is 2. The first-order valence-electron chi connectivity index (χ1n) is 13.0. The minimum atomic E-state index is -0.152. The fourth-order valence-electron chi connectivity index (χ4n) is 5.70. The highest BCUT2D eigenvalue weighted by molar-refractivity contribution is 5.97. The molecule has 0 bridgehead atoms. The second-order valence-corrected chi connectivity index (χ2v) is 10.1. The van der Waals surface area contributed by atoms with Crippen LogP contribution in [0.1, 0.15) is 43.2 Å². The predicted octanol–water partition coefficient (Wildman–Crippen LogP) is 2.39. The molecule has 0 saturated carbocycles. The number of carbonyl (C=O) groups excluding carboxylic acids is 2. The van der Waals surface area contributed by atoms with Gasteiger partial charge in [-0.15, -0.1) is 0 Å². The number of nitrogens with zero attached hydrogens (tertiary/aromatic N) is 5. The Morgan fingerprint density at radius 3 is 1.63 bits per heavy atom. The van der Waals surface area contributed by atoms with Gasteiger partial charge < -0.3 is 15.5 Å². The van der Waals surface area contributed by atoms with E-state index in [1.165, 1.54) is 11.1 Å². The quantitative estimate of drug-likeness (QED) is 0.328. The molecule has 4 aromatic rings. The molecule has 2 N–H and O–H groups in total. The lowest BCUT2D eigenvalue weighted by Gasteiger charge is -2.17. The number of benzene rings is 2. The van der Waals surface area contributed by atoms with Gasteiger partial charge >= 0.3 is 0 Å². The van der Waals surface area contributed by atoms with Gasteiger partial charge in [-0.3, -0.25) is 19.0 Å². The van der Waals surface area contributed by atoms with Crippen LogP contribution in [-0.2, 0) is 26.9 Å². The molecule has 2 aliphatic carbocycles. The Morgan fingerprint density at radius 2 is 1.18 bits per heavy atom. The van der Waals surface area contributed by atoms with Crippen LogP contribution in [0.5, 0.6) is 0 Å². The molecule has 0 unspecified atom stereocenters. The zero-order valence-corrected chi connectivity index (χ0v) is 21.9. The first-order chi connectivity index (χ1) is 18.4. The third-order valence-electron chi connectivity index (χ3n) is 7.56. The van der Waals surface area contributed by atoms with Crippen molar-refractivity contribution in [2.24, 2.45) is 14.1 Å². The number of amides is 2. The number of hydrogen-bond donors (Lipinski definition) is 2. The molecule has 0 fully saturated rings. The molecule has 2 amide bonds. The van der Waals surface area contributed by atoms with Crippen LogP contribution in [0.25, 0.3) is 22.5 Å². The molecular formula is C29H31N7O2. The van der Waals surface area contributed by atoms with Crippen LogP contribution in [-0.4, -0.2) is 69.5 Å². The number of aryl methyl sites for hydroxylation is 2. The van der Waals surface area contributed by atoms with Crippen molar-refractivity contribution in [1.82, 2.24) is 35.1 Å². The zero-order chi connectivity index (χ0) is 26.4. The van der Waals surface area contributed by atoms with Crippen molar-refractivity contribution >= 4 is 11.8 Å². The Morgan fingerprint density at radius 1 is 0.763 bits per heavy atom. The summed E-state index contributed by atoms with van der Waals surface area (Å²) < 4.78 is 3.61. The average Bonchev–Trinajstić information content (AvgIpc) is 3.64. The van der Waals surface area contributed by atoms with E-state index in [0.717, 1.165) is 46.5 Å². The van der Waals surface area contributed by atoms with Gasteiger partial charge in [0, 0.05) is 75.4 Å². The number of likely N-dealkylation sites (N-methyl/N-ethyl adjacent to an activating group) is 1. The Bertz CT molecular complexity index is 1450. The van der Waals surface area contributed by atoms with E-state index in [9.17, 15) is 9.59 Å². The van der Waals surface area contributed by atoms with Crippen LogP contribution >= 0.6 is 0 Å². The van der Waals surface area contributed by atoms with Crippen LogP contribution in [0.15, 0.2) is 48.5 Å². The summed E-state index contributed by atoms with van der Waals surface area (Å²) in [6.45, 7) is 2.30. The zero-order valence-electron chi connectivity index (χ0n) is 21.9. The monoisotopic (exact) mass is 509 g/mol. The summed E-state index contributed by atoms with van der Waals surface area (Å²) in [5.74, 6) is -0.303. The average molecular weight is 510 g/mol. The normalized spacial score (nSPS) is 12.7. The summed E-state index contributed by atoms with van der Waals surface area (Å²) in [5.41, 5.74) is 9.80. The maximum atomic E-state index is 12.9. The minimum absolute atomic E-state index is 0.152. The van der Waals surface area contributed by atoms with E-state index in [0.29, 0.717) is 37.6 Å². The third-order valence-corrected chi connectivity index (χ3v) is 7.56. The molecule has 38 heavy (non-hydrogen) atoms. The number of carbonyl (C=O) groups is 2. The molecule has 6 rings (SSSR count). The van der Waals surface area contributed by atoms with Gasteiger partial charge in [-0.05, 0) is 18.2 Å². The van der Waals surface area contributed by atoms with Crippen molar-refractivity contribution in [2.75, 3.05) is 33.2 Å². The summed E-state index contributed by atoms with van der Waals surface area (Å²) in [4.78, 5) is 27.9. The Labute approximate surface area is 221 Å². The van der Waals surface area contributed by atoms with Crippen molar-refractivity contribution in [1.29, 1.82) is 0 Å². The highest BCUT2D eigenvalue weighted by Crippen LogP contribution is 2.38. The first-order valence-corrected chi connectivity index (χ1v) is 13.0. The van der Waals surface area contributed by atoms with Gasteiger partial charge in [-0.2, -0.15) is 10.2 Å². The number of aromatic nitrogens is 4. The molecule has 0 aliphatic heterocycles. The largest absolute Gasteiger partial charge is 0.349 e. The molecule has 2 aliphatic rings. The maximum absolute atomic E-state index is 12.9. The highest BCUT2D eigenvalue weighted by Gasteiger charge is 2.30. The number of fused-ring (bicyclic) bond motifs is 6. The molecule has 0 atom stereocenters. The number of hydrogen-bond acceptors (Lipinski definition) is 5. The minimum Gasteiger partial charge on any atom is -0.349 e. The van der Waals surface area contributed by atoms with Crippen LogP contribution in [0.3, 0.4) is 0 Å². The molecule has 2 aromatic carbocycles. The standard InChI is InChI=1S/C29H31N7O2/c1-34(14-12-30-28(37)24-22-16-18-8-4-6-10-20(18)26(22)35(2)32-24)15-13-31-29(38)25-23-17-19-9-5-7-11-21(19)27(23)36(3)33-25/h4-11H,12-17H2,1-3H3,(H,30,37)(H,31,38). The molecule has 0 spiro atoms. The van der Waals surface area contributed by atoms with Crippen LogP contribution in [0.2, 0.25) is 0 Å². The van der Waals surface area contributed by atoms with Gasteiger partial charge in [0.15, 0.2) is 11.4 Å². The molecule has 0 radical (unpaired) electrons. The van der Waals surface area contributed by atoms with E-state index in [1.54, 1.807) is 9.36 Å². The fourth-order valence-corrected chi connectivity index (χ4v) is 5.70. The smallest absolute Gasteiger partial charge is 0.272 e. The molecule has 194 valence electrons. The third kappa shape index (κ3) is 4.09. The Balaban J connectivity index is 0.985. The van der Waals surface area contributed by atoms with E-state index in [1.807, 2.05) is 45.4 Å². The Hall–Kier alpha value is -4.24. The lowest BCUT2D eigenvalue weighted by Crippen LogP contribution is -2.38. The SMILES string of the molecule is CN(CCNC(=O)c1nn(C)c2c1Cc1ccccc1-2)CCNC(=O)c1nn(C)c2c1Cc1ccccc1-2. The Kier molecular flexibility index (Phi) is 6.07. The molecule has 2 heterocycles. The summed E-state index contributed by atoms with van der Waals surface area (Å²) in [6, 6.07) is 16.4. The van der Waals surface area contributed by atoms with Gasteiger partial charge in [0.2, 0.25) is 0 Å².